The van der Waals surface area contributed by atoms with Crippen molar-refractivity contribution in [3.8, 4) is 5.75 Å². The van der Waals surface area contributed by atoms with Crippen molar-refractivity contribution in [2.24, 2.45) is 0 Å². The number of thiophene rings is 1. The molecule has 136 valence electrons. The van der Waals surface area contributed by atoms with Gasteiger partial charge in [0.1, 0.15) is 5.56 Å². The van der Waals surface area contributed by atoms with E-state index in [0.717, 1.165) is 11.1 Å². The average Bonchev–Trinajstić information content (AvgIpc) is 3.29. The molecule has 8 nitrogen and oxygen atoms in total. The van der Waals surface area contributed by atoms with Gasteiger partial charge in [-0.2, -0.15) is 5.10 Å². The van der Waals surface area contributed by atoms with Crippen LogP contribution in [0.2, 0.25) is 0 Å². The summed E-state index contributed by atoms with van der Waals surface area (Å²) in [6.45, 7) is 0.715. The van der Waals surface area contributed by atoms with E-state index in [1.807, 2.05) is 12.1 Å². The van der Waals surface area contributed by atoms with Crippen LogP contribution in [0, 0.1) is 0 Å². The zero-order valence-corrected chi connectivity index (χ0v) is 14.8. The summed E-state index contributed by atoms with van der Waals surface area (Å²) in [5, 5.41) is 25.4. The van der Waals surface area contributed by atoms with E-state index in [9.17, 15) is 19.8 Å². The second-order valence-corrected chi connectivity index (χ2v) is 6.88. The maximum absolute atomic E-state index is 12.5. The van der Waals surface area contributed by atoms with Crippen LogP contribution in [-0.4, -0.2) is 35.5 Å². The number of aromatic carboxylic acids is 1. The minimum atomic E-state index is -1.33. The molecule has 0 fully saturated rings. The molecule has 0 aliphatic heterocycles. The molecule has 0 radical (unpaired) electrons. The number of aromatic hydroxyl groups is 1. The molecule has 0 saturated carbocycles. The quantitative estimate of drug-likeness (QED) is 0.547. The number of hydrogen-bond donors (Lipinski definition) is 2. The van der Waals surface area contributed by atoms with Crippen LogP contribution in [0.1, 0.15) is 21.5 Å². The number of carbonyl (C=O) groups is 1. The summed E-state index contributed by atoms with van der Waals surface area (Å²) < 4.78 is 3.45. The van der Waals surface area contributed by atoms with Gasteiger partial charge in [0.25, 0.3) is 5.56 Å². The van der Waals surface area contributed by atoms with Crippen LogP contribution in [0.25, 0.3) is 10.2 Å². The van der Waals surface area contributed by atoms with E-state index in [1.54, 1.807) is 40.9 Å². The summed E-state index contributed by atoms with van der Waals surface area (Å²) in [5.74, 6) is -2.08. The van der Waals surface area contributed by atoms with Gasteiger partial charge < -0.3 is 10.2 Å². The summed E-state index contributed by atoms with van der Waals surface area (Å²) in [5.41, 5.74) is 1.14. The largest absolute Gasteiger partial charge is 0.502 e. The summed E-state index contributed by atoms with van der Waals surface area (Å²) >= 11 is 1.17. The Labute approximate surface area is 156 Å². The number of aromatic nitrogens is 4. The van der Waals surface area contributed by atoms with Gasteiger partial charge >= 0.3 is 5.97 Å². The zero-order chi connectivity index (χ0) is 19.0. The minimum Gasteiger partial charge on any atom is -0.502 e. The van der Waals surface area contributed by atoms with Crippen molar-refractivity contribution in [1.82, 2.24) is 19.3 Å². The highest BCUT2D eigenvalue weighted by Gasteiger charge is 2.22. The molecule has 4 aromatic heterocycles. The van der Waals surface area contributed by atoms with Crippen molar-refractivity contribution < 1.29 is 15.0 Å². The number of nitrogens with zero attached hydrogens (tertiary/aromatic N) is 4. The molecule has 0 aromatic carbocycles. The smallest absolute Gasteiger partial charge is 0.341 e. The monoisotopic (exact) mass is 382 g/mol. The maximum Gasteiger partial charge on any atom is 0.341 e. The molecule has 9 heteroatoms. The topological polar surface area (TPSA) is 110 Å². The Hall–Kier alpha value is -3.46. The van der Waals surface area contributed by atoms with Gasteiger partial charge in [0.15, 0.2) is 5.75 Å². The zero-order valence-electron chi connectivity index (χ0n) is 13.9. The molecule has 0 amide bonds. The Balaban J connectivity index is 1.70. The fourth-order valence-corrected chi connectivity index (χ4v) is 3.88. The van der Waals surface area contributed by atoms with Gasteiger partial charge in [-0.25, -0.2) is 4.79 Å². The Bertz CT molecular complexity index is 1190. The lowest BCUT2D eigenvalue weighted by Crippen LogP contribution is -2.22. The molecule has 27 heavy (non-hydrogen) atoms. The van der Waals surface area contributed by atoms with Crippen LogP contribution in [0.15, 0.2) is 53.2 Å². The van der Waals surface area contributed by atoms with E-state index in [4.69, 9.17) is 0 Å². The lowest BCUT2D eigenvalue weighted by atomic mass is 10.2. The summed E-state index contributed by atoms with van der Waals surface area (Å²) in [7, 11) is 0. The lowest BCUT2D eigenvalue weighted by Gasteiger charge is -2.09. The van der Waals surface area contributed by atoms with Gasteiger partial charge in [0.05, 0.1) is 29.5 Å². The SMILES string of the molecule is O=C(O)c1c(O)c(=O)n(Cc2cnn(Cc3cccnc3)c2)c2ccsc12. The molecule has 0 saturated heterocycles. The third-order valence-electron chi connectivity index (χ3n) is 4.16. The van der Waals surface area contributed by atoms with Crippen LogP contribution >= 0.6 is 11.3 Å². The number of rotatable bonds is 5. The van der Waals surface area contributed by atoms with Crippen LogP contribution in [0.5, 0.6) is 5.75 Å². The van der Waals surface area contributed by atoms with Crippen LogP contribution in [-0.2, 0) is 13.1 Å². The van der Waals surface area contributed by atoms with Gasteiger partial charge in [-0.05, 0) is 23.1 Å². The van der Waals surface area contributed by atoms with E-state index < -0.39 is 17.3 Å². The van der Waals surface area contributed by atoms with E-state index >= 15 is 0 Å². The highest BCUT2D eigenvalue weighted by atomic mass is 32.1. The van der Waals surface area contributed by atoms with Gasteiger partial charge in [-0.1, -0.05) is 6.07 Å². The molecule has 4 rings (SSSR count). The highest BCUT2D eigenvalue weighted by Crippen LogP contribution is 2.29. The van der Waals surface area contributed by atoms with Gasteiger partial charge in [0.2, 0.25) is 0 Å². The standard InChI is InChI=1S/C18H14N4O4S/c23-15-14(18(25)26)16-13(3-5-27-16)22(17(15)24)10-12-7-20-21(9-12)8-11-2-1-4-19-6-11/h1-7,9,23H,8,10H2,(H,25,26). The average molecular weight is 382 g/mol. The predicted molar refractivity (Wildman–Crippen MR) is 99.4 cm³/mol. The van der Waals surface area contributed by atoms with E-state index in [-0.39, 0.29) is 12.1 Å². The second-order valence-electron chi connectivity index (χ2n) is 5.96. The van der Waals surface area contributed by atoms with Gasteiger partial charge in [-0.3, -0.25) is 19.0 Å². The number of hydrogen-bond acceptors (Lipinski definition) is 6. The van der Waals surface area contributed by atoms with Crippen LogP contribution in [0.4, 0.5) is 0 Å². The number of pyridine rings is 2. The molecular weight excluding hydrogens is 368 g/mol. The molecule has 0 bridgehead atoms. The molecule has 0 spiro atoms. The summed E-state index contributed by atoms with van der Waals surface area (Å²) in [6, 6.07) is 5.46. The fraction of sp³-hybridized carbons (Fsp3) is 0.111. The summed E-state index contributed by atoms with van der Waals surface area (Å²) in [4.78, 5) is 28.0. The van der Waals surface area contributed by atoms with Crippen molar-refractivity contribution in [1.29, 1.82) is 0 Å². The Kier molecular flexibility index (Phi) is 4.21. The Morgan fingerprint density at radius 1 is 1.19 bits per heavy atom. The predicted octanol–water partition coefficient (Wildman–Crippen LogP) is 2.15. The van der Waals surface area contributed by atoms with Gasteiger partial charge in [-0.15, -0.1) is 11.3 Å². The minimum absolute atomic E-state index is 0.173. The first-order valence-electron chi connectivity index (χ1n) is 8.01. The number of fused-ring (bicyclic) bond motifs is 1. The van der Waals surface area contributed by atoms with E-state index in [0.29, 0.717) is 16.8 Å². The van der Waals surface area contributed by atoms with Crippen LogP contribution in [0.3, 0.4) is 0 Å². The third kappa shape index (κ3) is 3.08. The molecule has 0 unspecified atom stereocenters. The van der Waals surface area contributed by atoms with Crippen molar-refractivity contribution in [2.45, 2.75) is 13.1 Å². The molecule has 4 aromatic rings. The normalized spacial score (nSPS) is 11.1. The maximum atomic E-state index is 12.5. The van der Waals surface area contributed by atoms with Gasteiger partial charge in [0, 0.05) is 24.2 Å². The first-order valence-corrected chi connectivity index (χ1v) is 8.89. The Morgan fingerprint density at radius 2 is 2.04 bits per heavy atom. The van der Waals surface area contributed by atoms with Crippen LogP contribution < -0.4 is 5.56 Å². The molecule has 2 N–H and O–H groups in total. The van der Waals surface area contributed by atoms with Crippen molar-refractivity contribution >= 4 is 27.5 Å². The summed E-state index contributed by atoms with van der Waals surface area (Å²) in [6.07, 6.45) is 6.90. The van der Waals surface area contributed by atoms with Crippen molar-refractivity contribution in [2.75, 3.05) is 0 Å². The molecule has 0 atom stereocenters. The number of carboxylic acid groups (broad SMARTS) is 1. The van der Waals surface area contributed by atoms with E-state index in [1.165, 1.54) is 15.9 Å². The second kappa shape index (κ2) is 6.69. The molecular formula is C18H14N4O4S. The molecule has 0 aliphatic carbocycles. The third-order valence-corrected chi connectivity index (χ3v) is 5.08. The fourth-order valence-electron chi connectivity index (χ4n) is 2.95. The first-order chi connectivity index (χ1) is 13.0. The molecule has 4 heterocycles. The molecule has 0 aliphatic rings. The lowest BCUT2D eigenvalue weighted by molar-refractivity contribution is 0.0695. The van der Waals surface area contributed by atoms with E-state index in [2.05, 4.69) is 10.1 Å². The van der Waals surface area contributed by atoms with Crippen molar-refractivity contribution in [3.63, 3.8) is 0 Å². The van der Waals surface area contributed by atoms with Crippen molar-refractivity contribution in [3.05, 3.63) is 75.4 Å². The number of carboxylic acids is 1. The Morgan fingerprint density at radius 3 is 2.78 bits per heavy atom. The first kappa shape index (κ1) is 17.0. The highest BCUT2D eigenvalue weighted by molar-refractivity contribution is 7.17.